The number of carboxylic acid groups (broad SMARTS) is 1. The average Bonchev–Trinajstić information content (AvgIpc) is 3.30. The number of nitrogens with zero attached hydrogens (tertiary/aromatic N) is 5. The quantitative estimate of drug-likeness (QED) is 0.643. The summed E-state index contributed by atoms with van der Waals surface area (Å²) in [6, 6.07) is 8.07. The first-order chi connectivity index (χ1) is 12.6. The molecule has 0 amide bonds. The van der Waals surface area contributed by atoms with Crippen LogP contribution in [0.25, 0.3) is 11.1 Å². The lowest BCUT2D eigenvalue weighted by atomic mass is 9.83. The van der Waals surface area contributed by atoms with Crippen molar-refractivity contribution < 1.29 is 9.90 Å². The number of carbonyl (C=O) groups is 1. The van der Waals surface area contributed by atoms with E-state index in [1.54, 1.807) is 4.68 Å². The van der Waals surface area contributed by atoms with Crippen LogP contribution in [0, 0.1) is 5.92 Å². The summed E-state index contributed by atoms with van der Waals surface area (Å²) in [5, 5.41) is 28.0. The minimum Gasteiger partial charge on any atom is -0.481 e. The average molecular weight is 354 g/mol. The van der Waals surface area contributed by atoms with Crippen molar-refractivity contribution in [3.05, 3.63) is 48.0 Å². The Balaban J connectivity index is 1.83. The standard InChI is InChI=1S/C18H22N6O2/c1-3-4-15(18(25)26)16(17-20-22-23-21-17)9-12-5-7-13(8-6-12)14-10-19-24(2)11-14/h5-8,10-11,15-16H,3-4,9H2,1-2H3,(H,25,26)(H,20,21,22,23). The molecule has 136 valence electrons. The predicted molar refractivity (Wildman–Crippen MR) is 95.3 cm³/mol. The molecule has 0 radical (unpaired) electrons. The van der Waals surface area contributed by atoms with Crippen molar-refractivity contribution in [3.63, 3.8) is 0 Å². The Bertz CT molecular complexity index is 841. The van der Waals surface area contributed by atoms with E-state index in [4.69, 9.17) is 0 Å². The fourth-order valence-electron chi connectivity index (χ4n) is 3.21. The zero-order chi connectivity index (χ0) is 18.5. The maximum Gasteiger partial charge on any atom is 0.307 e. The highest BCUT2D eigenvalue weighted by Gasteiger charge is 2.31. The van der Waals surface area contributed by atoms with Gasteiger partial charge in [-0.25, -0.2) is 0 Å². The Kier molecular flexibility index (Phi) is 5.40. The van der Waals surface area contributed by atoms with E-state index in [1.807, 2.05) is 50.6 Å². The number of rotatable bonds is 8. The minimum atomic E-state index is -0.825. The van der Waals surface area contributed by atoms with Crippen LogP contribution >= 0.6 is 0 Å². The number of hydrogen-bond donors (Lipinski definition) is 2. The number of aryl methyl sites for hydroxylation is 1. The summed E-state index contributed by atoms with van der Waals surface area (Å²) >= 11 is 0. The largest absolute Gasteiger partial charge is 0.481 e. The van der Waals surface area contributed by atoms with E-state index in [0.717, 1.165) is 23.1 Å². The zero-order valence-electron chi connectivity index (χ0n) is 14.8. The van der Waals surface area contributed by atoms with E-state index in [9.17, 15) is 9.90 Å². The van der Waals surface area contributed by atoms with Crippen LogP contribution in [0.2, 0.25) is 0 Å². The van der Waals surface area contributed by atoms with E-state index in [-0.39, 0.29) is 5.92 Å². The van der Waals surface area contributed by atoms with Gasteiger partial charge in [0.15, 0.2) is 5.82 Å². The van der Waals surface area contributed by atoms with Crippen LogP contribution in [-0.4, -0.2) is 41.5 Å². The van der Waals surface area contributed by atoms with Gasteiger partial charge in [0, 0.05) is 24.7 Å². The van der Waals surface area contributed by atoms with Gasteiger partial charge in [-0.3, -0.25) is 9.48 Å². The van der Waals surface area contributed by atoms with E-state index in [0.29, 0.717) is 18.7 Å². The van der Waals surface area contributed by atoms with Crippen molar-refractivity contribution in [1.82, 2.24) is 30.4 Å². The van der Waals surface area contributed by atoms with Gasteiger partial charge in [-0.1, -0.05) is 42.8 Å². The molecule has 0 saturated carbocycles. The Morgan fingerprint density at radius 3 is 2.58 bits per heavy atom. The monoisotopic (exact) mass is 354 g/mol. The molecule has 0 fully saturated rings. The second kappa shape index (κ2) is 7.90. The Morgan fingerprint density at radius 2 is 2.04 bits per heavy atom. The summed E-state index contributed by atoms with van der Waals surface area (Å²) in [7, 11) is 1.88. The first-order valence-corrected chi connectivity index (χ1v) is 8.62. The SMILES string of the molecule is CCCC(C(=O)O)C(Cc1ccc(-c2cnn(C)c2)cc1)c1nn[nH]n1. The Hall–Kier alpha value is -3.03. The summed E-state index contributed by atoms with van der Waals surface area (Å²) in [5.41, 5.74) is 3.15. The fourth-order valence-corrected chi connectivity index (χ4v) is 3.21. The molecule has 0 spiro atoms. The summed E-state index contributed by atoms with van der Waals surface area (Å²) in [5.74, 6) is -1.25. The van der Waals surface area contributed by atoms with Crippen molar-refractivity contribution in [1.29, 1.82) is 0 Å². The fraction of sp³-hybridized carbons (Fsp3) is 0.389. The topological polar surface area (TPSA) is 110 Å². The van der Waals surface area contributed by atoms with Crippen LogP contribution < -0.4 is 0 Å². The number of nitrogens with one attached hydrogen (secondary N) is 1. The van der Waals surface area contributed by atoms with Crippen molar-refractivity contribution >= 4 is 5.97 Å². The predicted octanol–water partition coefficient (Wildman–Crippen LogP) is 2.43. The van der Waals surface area contributed by atoms with Gasteiger partial charge in [0.25, 0.3) is 0 Å². The highest BCUT2D eigenvalue weighted by Crippen LogP contribution is 2.30. The second-order valence-electron chi connectivity index (χ2n) is 6.41. The van der Waals surface area contributed by atoms with Crippen LogP contribution in [0.5, 0.6) is 0 Å². The summed E-state index contributed by atoms with van der Waals surface area (Å²) < 4.78 is 1.76. The number of tetrazole rings is 1. The normalized spacial score (nSPS) is 13.5. The molecule has 0 aliphatic rings. The lowest BCUT2D eigenvalue weighted by molar-refractivity contribution is -0.142. The van der Waals surface area contributed by atoms with Gasteiger partial charge in [0.2, 0.25) is 0 Å². The Labute approximate surface area is 151 Å². The third kappa shape index (κ3) is 3.96. The number of H-pyrrole nitrogens is 1. The van der Waals surface area contributed by atoms with Crippen LogP contribution in [0.4, 0.5) is 0 Å². The number of aromatic amines is 1. The maximum atomic E-state index is 11.8. The molecule has 8 heteroatoms. The van der Waals surface area contributed by atoms with Crippen molar-refractivity contribution in [3.8, 4) is 11.1 Å². The maximum absolute atomic E-state index is 11.8. The lowest BCUT2D eigenvalue weighted by Crippen LogP contribution is -2.25. The molecular weight excluding hydrogens is 332 g/mol. The van der Waals surface area contributed by atoms with Gasteiger partial charge >= 0.3 is 5.97 Å². The van der Waals surface area contributed by atoms with Crippen LogP contribution in [0.15, 0.2) is 36.7 Å². The molecule has 8 nitrogen and oxygen atoms in total. The molecule has 0 aliphatic carbocycles. The molecule has 2 unspecified atom stereocenters. The van der Waals surface area contributed by atoms with Crippen LogP contribution in [0.1, 0.15) is 37.1 Å². The van der Waals surface area contributed by atoms with Crippen molar-refractivity contribution in [2.75, 3.05) is 0 Å². The summed E-state index contributed by atoms with van der Waals surface area (Å²) in [6.07, 6.45) is 5.68. The molecule has 1 aromatic carbocycles. The van der Waals surface area contributed by atoms with E-state index >= 15 is 0 Å². The third-order valence-electron chi connectivity index (χ3n) is 4.54. The van der Waals surface area contributed by atoms with Gasteiger partial charge in [0.05, 0.1) is 12.1 Å². The van der Waals surface area contributed by atoms with Gasteiger partial charge in [-0.15, -0.1) is 10.2 Å². The highest BCUT2D eigenvalue weighted by atomic mass is 16.4. The molecule has 26 heavy (non-hydrogen) atoms. The third-order valence-corrected chi connectivity index (χ3v) is 4.54. The van der Waals surface area contributed by atoms with E-state index < -0.39 is 11.9 Å². The second-order valence-corrected chi connectivity index (χ2v) is 6.41. The molecule has 2 N–H and O–H groups in total. The number of aliphatic carboxylic acids is 1. The molecule has 2 atom stereocenters. The smallest absolute Gasteiger partial charge is 0.307 e. The van der Waals surface area contributed by atoms with Crippen LogP contribution in [-0.2, 0) is 18.3 Å². The van der Waals surface area contributed by atoms with Gasteiger partial charge in [-0.2, -0.15) is 10.3 Å². The molecule has 2 heterocycles. The summed E-state index contributed by atoms with van der Waals surface area (Å²) in [4.78, 5) is 11.8. The molecule has 2 aromatic heterocycles. The van der Waals surface area contributed by atoms with Crippen molar-refractivity contribution in [2.24, 2.45) is 13.0 Å². The first kappa shape index (κ1) is 17.8. The minimum absolute atomic E-state index is 0.324. The number of hydrogen-bond acceptors (Lipinski definition) is 5. The Morgan fingerprint density at radius 1 is 1.27 bits per heavy atom. The van der Waals surface area contributed by atoms with E-state index in [1.165, 1.54) is 0 Å². The molecule has 0 saturated heterocycles. The van der Waals surface area contributed by atoms with Crippen molar-refractivity contribution in [2.45, 2.75) is 32.1 Å². The molecule has 0 bridgehead atoms. The zero-order valence-corrected chi connectivity index (χ0v) is 14.8. The lowest BCUT2D eigenvalue weighted by Gasteiger charge is -2.21. The molecule has 3 aromatic rings. The van der Waals surface area contributed by atoms with E-state index in [2.05, 4.69) is 25.7 Å². The first-order valence-electron chi connectivity index (χ1n) is 8.62. The molecular formula is C18H22N6O2. The number of aromatic nitrogens is 6. The summed E-state index contributed by atoms with van der Waals surface area (Å²) in [6.45, 7) is 1.98. The number of benzene rings is 1. The van der Waals surface area contributed by atoms with Gasteiger partial charge < -0.3 is 5.11 Å². The van der Waals surface area contributed by atoms with Gasteiger partial charge in [0.1, 0.15) is 0 Å². The molecule has 3 rings (SSSR count). The van der Waals surface area contributed by atoms with Crippen LogP contribution in [0.3, 0.4) is 0 Å². The molecule has 0 aliphatic heterocycles. The number of carboxylic acids is 1. The highest BCUT2D eigenvalue weighted by molar-refractivity contribution is 5.71. The van der Waals surface area contributed by atoms with Gasteiger partial charge in [-0.05, 0) is 24.0 Å².